The molecule has 0 aliphatic heterocycles. The summed E-state index contributed by atoms with van der Waals surface area (Å²) in [7, 11) is 0. The number of hydrogen-bond donors (Lipinski definition) is 3. The van der Waals surface area contributed by atoms with E-state index in [0.29, 0.717) is 6.54 Å². The zero-order chi connectivity index (χ0) is 14.4. The predicted octanol–water partition coefficient (Wildman–Crippen LogP) is 2.91. The quantitative estimate of drug-likeness (QED) is 0.765. The van der Waals surface area contributed by atoms with Gasteiger partial charge in [-0.15, -0.1) is 0 Å². The summed E-state index contributed by atoms with van der Waals surface area (Å²) in [6.45, 7) is 2.20. The highest BCUT2D eigenvalue weighted by Gasteiger charge is 2.02. The molecule has 4 heteroatoms. The molecule has 106 valence electrons. The molecule has 0 fully saturated rings. The molecule has 0 aromatic heterocycles. The van der Waals surface area contributed by atoms with Crippen LogP contribution in [0.25, 0.3) is 0 Å². The van der Waals surface area contributed by atoms with Crippen LogP contribution in [0.3, 0.4) is 0 Å². The summed E-state index contributed by atoms with van der Waals surface area (Å²) in [6, 6.07) is 16.5. The molecule has 0 heterocycles. The van der Waals surface area contributed by atoms with Gasteiger partial charge in [-0.25, -0.2) is 0 Å². The van der Waals surface area contributed by atoms with Crippen LogP contribution in [0.2, 0.25) is 0 Å². The summed E-state index contributed by atoms with van der Waals surface area (Å²) in [6.07, 6.45) is -0.725. The summed E-state index contributed by atoms with van der Waals surface area (Å²) >= 11 is 1.72. The average Bonchev–Trinajstić information content (AvgIpc) is 2.48. The van der Waals surface area contributed by atoms with E-state index in [2.05, 4.69) is 36.5 Å². The lowest BCUT2D eigenvalue weighted by Crippen LogP contribution is -2.22. The topological polar surface area (TPSA) is 52.5 Å². The van der Waals surface area contributed by atoms with Gasteiger partial charge in [0, 0.05) is 22.0 Å². The summed E-state index contributed by atoms with van der Waals surface area (Å²) in [5.41, 5.74) is 2.20. The van der Waals surface area contributed by atoms with Crippen molar-refractivity contribution in [1.82, 2.24) is 0 Å². The van der Waals surface area contributed by atoms with E-state index >= 15 is 0 Å². The Morgan fingerprint density at radius 1 is 1.00 bits per heavy atom. The molecule has 20 heavy (non-hydrogen) atoms. The molecule has 2 aromatic carbocycles. The van der Waals surface area contributed by atoms with E-state index in [4.69, 9.17) is 5.11 Å². The molecule has 0 amide bonds. The lowest BCUT2D eigenvalue weighted by molar-refractivity contribution is 0.105. The fourth-order valence-corrected chi connectivity index (χ4v) is 2.50. The Balaban J connectivity index is 1.92. The number of hydrogen-bond acceptors (Lipinski definition) is 4. The minimum absolute atomic E-state index is 0.228. The normalized spacial score (nSPS) is 12.2. The minimum atomic E-state index is -0.725. The number of nitrogens with one attached hydrogen (secondary N) is 1. The van der Waals surface area contributed by atoms with Crippen LogP contribution in [0.5, 0.6) is 0 Å². The molecule has 1 atom stereocenters. The number of benzene rings is 2. The third kappa shape index (κ3) is 4.56. The minimum Gasteiger partial charge on any atom is -0.394 e. The van der Waals surface area contributed by atoms with Crippen LogP contribution >= 0.6 is 11.8 Å². The van der Waals surface area contributed by atoms with Gasteiger partial charge in [-0.2, -0.15) is 0 Å². The van der Waals surface area contributed by atoms with Gasteiger partial charge in [-0.05, 0) is 43.3 Å². The van der Waals surface area contributed by atoms with E-state index in [1.807, 2.05) is 24.3 Å². The Kier molecular flexibility index (Phi) is 5.47. The first kappa shape index (κ1) is 14.9. The fourth-order valence-electron chi connectivity index (χ4n) is 1.68. The molecule has 0 spiro atoms. The largest absolute Gasteiger partial charge is 0.394 e. The van der Waals surface area contributed by atoms with Crippen molar-refractivity contribution in [2.24, 2.45) is 0 Å². The van der Waals surface area contributed by atoms with E-state index in [9.17, 15) is 5.11 Å². The van der Waals surface area contributed by atoms with Gasteiger partial charge in [-0.3, -0.25) is 0 Å². The van der Waals surface area contributed by atoms with Gasteiger partial charge < -0.3 is 15.5 Å². The highest BCUT2D eigenvalue weighted by Crippen LogP contribution is 2.28. The molecule has 1 unspecified atom stereocenters. The van der Waals surface area contributed by atoms with E-state index in [1.165, 1.54) is 15.4 Å². The number of aryl methyl sites for hydroxylation is 1. The van der Waals surface area contributed by atoms with Crippen molar-refractivity contribution in [1.29, 1.82) is 0 Å². The second-order valence-electron chi connectivity index (χ2n) is 4.66. The maximum absolute atomic E-state index is 9.27. The zero-order valence-corrected chi connectivity index (χ0v) is 12.2. The molecule has 0 saturated carbocycles. The Morgan fingerprint density at radius 3 is 2.10 bits per heavy atom. The van der Waals surface area contributed by atoms with Gasteiger partial charge in [0.1, 0.15) is 0 Å². The Labute approximate surface area is 123 Å². The zero-order valence-electron chi connectivity index (χ0n) is 11.4. The van der Waals surface area contributed by atoms with Gasteiger partial charge in [0.25, 0.3) is 0 Å². The number of rotatable bonds is 6. The highest BCUT2D eigenvalue weighted by atomic mass is 32.2. The van der Waals surface area contributed by atoms with Crippen LogP contribution in [0, 0.1) is 6.92 Å². The van der Waals surface area contributed by atoms with E-state index in [0.717, 1.165) is 5.69 Å². The molecule has 0 aliphatic rings. The Bertz CT molecular complexity index is 525. The smallest absolute Gasteiger partial charge is 0.0942 e. The molecule has 2 rings (SSSR count). The van der Waals surface area contributed by atoms with Gasteiger partial charge >= 0.3 is 0 Å². The molecule has 0 bridgehead atoms. The maximum Gasteiger partial charge on any atom is 0.0942 e. The molecule has 3 N–H and O–H groups in total. The monoisotopic (exact) mass is 289 g/mol. The third-order valence-electron chi connectivity index (χ3n) is 2.86. The lowest BCUT2D eigenvalue weighted by atomic mass is 10.2. The molecule has 3 nitrogen and oxygen atoms in total. The predicted molar refractivity (Wildman–Crippen MR) is 83.3 cm³/mol. The number of anilines is 1. The van der Waals surface area contributed by atoms with Gasteiger partial charge in [-0.1, -0.05) is 29.5 Å². The van der Waals surface area contributed by atoms with Crippen molar-refractivity contribution in [2.75, 3.05) is 18.5 Å². The summed E-state index contributed by atoms with van der Waals surface area (Å²) in [5.74, 6) is 0. The van der Waals surface area contributed by atoms with Gasteiger partial charge in [0.15, 0.2) is 0 Å². The van der Waals surface area contributed by atoms with Gasteiger partial charge in [0.05, 0.1) is 12.7 Å². The van der Waals surface area contributed by atoms with Crippen LogP contribution in [0.4, 0.5) is 5.69 Å². The third-order valence-corrected chi connectivity index (χ3v) is 3.88. The lowest BCUT2D eigenvalue weighted by Gasteiger charge is -2.10. The van der Waals surface area contributed by atoms with Gasteiger partial charge in [0.2, 0.25) is 0 Å². The summed E-state index contributed by atoms with van der Waals surface area (Å²) < 4.78 is 0. The van der Waals surface area contributed by atoms with Crippen molar-refractivity contribution in [3.05, 3.63) is 54.1 Å². The number of aliphatic hydroxyl groups excluding tert-OH is 2. The average molecular weight is 289 g/mol. The SMILES string of the molecule is Cc1ccc(Sc2ccc(NCC(O)CO)cc2)cc1. The maximum atomic E-state index is 9.27. The second-order valence-corrected chi connectivity index (χ2v) is 5.80. The highest BCUT2D eigenvalue weighted by molar-refractivity contribution is 7.99. The second kappa shape index (κ2) is 7.33. The fraction of sp³-hybridized carbons (Fsp3) is 0.250. The molecule has 0 aliphatic carbocycles. The van der Waals surface area contributed by atoms with Crippen LogP contribution < -0.4 is 5.32 Å². The van der Waals surface area contributed by atoms with Crippen molar-refractivity contribution in [2.45, 2.75) is 22.8 Å². The first-order chi connectivity index (χ1) is 9.67. The van der Waals surface area contributed by atoms with E-state index in [1.54, 1.807) is 11.8 Å². The van der Waals surface area contributed by atoms with Crippen LogP contribution in [0.15, 0.2) is 58.3 Å². The first-order valence-corrected chi connectivity index (χ1v) is 7.36. The summed E-state index contributed by atoms with van der Waals surface area (Å²) in [5, 5.41) is 21.1. The Hall–Kier alpha value is -1.49. The van der Waals surface area contributed by atoms with Crippen molar-refractivity contribution < 1.29 is 10.2 Å². The van der Waals surface area contributed by atoms with Crippen molar-refractivity contribution in [3.8, 4) is 0 Å². The number of aliphatic hydroxyl groups is 2. The molecule has 2 aromatic rings. The molecular formula is C16H19NO2S. The van der Waals surface area contributed by atoms with Crippen LogP contribution in [-0.2, 0) is 0 Å². The molecule has 0 radical (unpaired) electrons. The van der Waals surface area contributed by atoms with E-state index < -0.39 is 6.10 Å². The van der Waals surface area contributed by atoms with Crippen LogP contribution in [-0.4, -0.2) is 29.5 Å². The molecule has 0 saturated heterocycles. The first-order valence-electron chi connectivity index (χ1n) is 6.55. The standard InChI is InChI=1S/C16H19NO2S/c1-12-2-6-15(7-3-12)20-16-8-4-13(5-9-16)17-10-14(19)11-18/h2-9,14,17-19H,10-11H2,1H3. The summed E-state index contributed by atoms with van der Waals surface area (Å²) in [4.78, 5) is 2.38. The Morgan fingerprint density at radius 2 is 1.55 bits per heavy atom. The van der Waals surface area contributed by atoms with Crippen LogP contribution in [0.1, 0.15) is 5.56 Å². The van der Waals surface area contributed by atoms with Crippen molar-refractivity contribution in [3.63, 3.8) is 0 Å². The van der Waals surface area contributed by atoms with E-state index in [-0.39, 0.29) is 6.61 Å². The van der Waals surface area contributed by atoms with Crippen molar-refractivity contribution >= 4 is 17.4 Å². The molecular weight excluding hydrogens is 270 g/mol.